The first-order valence-electron chi connectivity index (χ1n) is 5.51. The van der Waals surface area contributed by atoms with Gasteiger partial charge in [0.15, 0.2) is 0 Å². The molecular formula is C13H13ClFN3. The summed E-state index contributed by atoms with van der Waals surface area (Å²) in [6.45, 7) is 0. The Morgan fingerprint density at radius 2 is 2.00 bits per heavy atom. The molecule has 5 heteroatoms. The van der Waals surface area contributed by atoms with Gasteiger partial charge in [0.1, 0.15) is 5.82 Å². The Hall–Kier alpha value is -1.49. The van der Waals surface area contributed by atoms with Crippen molar-refractivity contribution in [2.75, 3.05) is 0 Å². The van der Waals surface area contributed by atoms with Gasteiger partial charge in [-0.1, -0.05) is 23.7 Å². The normalized spacial score (nSPS) is 12.4. The smallest absolute Gasteiger partial charge is 0.142 e. The van der Waals surface area contributed by atoms with Crippen LogP contribution in [-0.2, 0) is 6.42 Å². The van der Waals surface area contributed by atoms with Crippen LogP contribution < -0.4 is 11.3 Å². The fourth-order valence-corrected chi connectivity index (χ4v) is 2.00. The van der Waals surface area contributed by atoms with Crippen molar-refractivity contribution in [3.05, 3.63) is 64.7 Å². The minimum atomic E-state index is -0.417. The number of rotatable bonds is 4. The van der Waals surface area contributed by atoms with Crippen molar-refractivity contribution in [2.24, 2.45) is 5.84 Å². The molecule has 0 amide bonds. The molecule has 2 rings (SSSR count). The van der Waals surface area contributed by atoms with Crippen LogP contribution in [0.1, 0.15) is 17.2 Å². The molecule has 3 nitrogen and oxygen atoms in total. The van der Waals surface area contributed by atoms with Crippen molar-refractivity contribution in [3.63, 3.8) is 0 Å². The van der Waals surface area contributed by atoms with E-state index in [0.29, 0.717) is 6.42 Å². The molecule has 18 heavy (non-hydrogen) atoms. The van der Waals surface area contributed by atoms with Crippen molar-refractivity contribution in [1.82, 2.24) is 10.4 Å². The van der Waals surface area contributed by atoms with E-state index in [1.807, 2.05) is 12.1 Å². The summed E-state index contributed by atoms with van der Waals surface area (Å²) in [4.78, 5) is 3.95. The monoisotopic (exact) mass is 265 g/mol. The molecule has 0 spiro atoms. The predicted molar refractivity (Wildman–Crippen MR) is 69.4 cm³/mol. The second kappa shape index (κ2) is 5.91. The van der Waals surface area contributed by atoms with Gasteiger partial charge in [0, 0.05) is 12.4 Å². The number of hydrogen-bond donors (Lipinski definition) is 2. The number of benzene rings is 1. The maximum absolute atomic E-state index is 13.3. The maximum Gasteiger partial charge on any atom is 0.142 e. The molecule has 1 heterocycles. The SMILES string of the molecule is NNC(Cc1cccc(F)c1Cl)c1ccncc1. The topological polar surface area (TPSA) is 50.9 Å². The molecule has 0 radical (unpaired) electrons. The molecule has 3 N–H and O–H groups in total. The average Bonchev–Trinajstić information content (AvgIpc) is 2.41. The Morgan fingerprint density at radius 1 is 1.28 bits per heavy atom. The highest BCUT2D eigenvalue weighted by molar-refractivity contribution is 6.31. The second-order valence-electron chi connectivity index (χ2n) is 3.92. The van der Waals surface area contributed by atoms with E-state index in [1.165, 1.54) is 6.07 Å². The van der Waals surface area contributed by atoms with Gasteiger partial charge in [-0.25, -0.2) is 4.39 Å². The van der Waals surface area contributed by atoms with Crippen molar-refractivity contribution in [2.45, 2.75) is 12.5 Å². The highest BCUT2D eigenvalue weighted by Crippen LogP contribution is 2.25. The van der Waals surface area contributed by atoms with Crippen LogP contribution in [-0.4, -0.2) is 4.98 Å². The van der Waals surface area contributed by atoms with Crippen LogP contribution in [0.5, 0.6) is 0 Å². The van der Waals surface area contributed by atoms with Gasteiger partial charge >= 0.3 is 0 Å². The third-order valence-corrected chi connectivity index (χ3v) is 3.19. The third kappa shape index (κ3) is 2.85. The molecule has 0 aliphatic rings. The van der Waals surface area contributed by atoms with Crippen molar-refractivity contribution >= 4 is 11.6 Å². The molecule has 0 bridgehead atoms. The van der Waals surface area contributed by atoms with Gasteiger partial charge < -0.3 is 0 Å². The number of nitrogens with zero attached hydrogens (tertiary/aromatic N) is 1. The Labute approximate surface area is 110 Å². The fraction of sp³-hybridized carbons (Fsp3) is 0.154. The zero-order valence-corrected chi connectivity index (χ0v) is 10.4. The fourth-order valence-electron chi connectivity index (χ4n) is 1.79. The van der Waals surface area contributed by atoms with E-state index < -0.39 is 5.82 Å². The van der Waals surface area contributed by atoms with Gasteiger partial charge in [0.25, 0.3) is 0 Å². The van der Waals surface area contributed by atoms with E-state index in [0.717, 1.165) is 11.1 Å². The summed E-state index contributed by atoms with van der Waals surface area (Å²) in [6.07, 6.45) is 3.89. The predicted octanol–water partition coefficient (Wildman–Crippen LogP) is 2.62. The number of aromatic nitrogens is 1. The zero-order valence-electron chi connectivity index (χ0n) is 9.61. The van der Waals surface area contributed by atoms with Crippen LogP contribution in [0.4, 0.5) is 4.39 Å². The van der Waals surface area contributed by atoms with Gasteiger partial charge in [0.2, 0.25) is 0 Å². The molecule has 1 aromatic carbocycles. The summed E-state index contributed by atoms with van der Waals surface area (Å²) in [5.74, 6) is 5.12. The van der Waals surface area contributed by atoms with Crippen LogP contribution in [0.2, 0.25) is 5.02 Å². The van der Waals surface area contributed by atoms with Gasteiger partial charge in [-0.05, 0) is 35.7 Å². The molecule has 0 saturated heterocycles. The molecule has 0 aliphatic heterocycles. The molecule has 1 aromatic heterocycles. The van der Waals surface area contributed by atoms with Crippen LogP contribution in [0.15, 0.2) is 42.7 Å². The Morgan fingerprint density at radius 3 is 2.67 bits per heavy atom. The highest BCUT2D eigenvalue weighted by Gasteiger charge is 2.13. The summed E-state index contributed by atoms with van der Waals surface area (Å²) < 4.78 is 13.3. The van der Waals surface area contributed by atoms with E-state index in [9.17, 15) is 4.39 Å². The largest absolute Gasteiger partial charge is 0.271 e. The van der Waals surface area contributed by atoms with Crippen LogP contribution >= 0.6 is 11.6 Å². The molecule has 2 aromatic rings. The maximum atomic E-state index is 13.3. The molecule has 1 unspecified atom stereocenters. The molecule has 94 valence electrons. The highest BCUT2D eigenvalue weighted by atomic mass is 35.5. The Bertz CT molecular complexity index is 519. The summed E-state index contributed by atoms with van der Waals surface area (Å²) in [5.41, 5.74) is 4.40. The van der Waals surface area contributed by atoms with Crippen LogP contribution in [0, 0.1) is 5.82 Å². The van der Waals surface area contributed by atoms with E-state index >= 15 is 0 Å². The van der Waals surface area contributed by atoms with Crippen molar-refractivity contribution in [1.29, 1.82) is 0 Å². The summed E-state index contributed by atoms with van der Waals surface area (Å²) >= 11 is 5.93. The third-order valence-electron chi connectivity index (χ3n) is 2.77. The van der Waals surface area contributed by atoms with E-state index in [-0.39, 0.29) is 11.1 Å². The lowest BCUT2D eigenvalue weighted by Crippen LogP contribution is -2.29. The lowest BCUT2D eigenvalue weighted by molar-refractivity contribution is 0.548. The van der Waals surface area contributed by atoms with Crippen molar-refractivity contribution in [3.8, 4) is 0 Å². The first-order chi connectivity index (χ1) is 8.72. The minimum absolute atomic E-state index is 0.132. The molecule has 0 aliphatic carbocycles. The number of hydrazine groups is 1. The van der Waals surface area contributed by atoms with Crippen LogP contribution in [0.25, 0.3) is 0 Å². The summed E-state index contributed by atoms with van der Waals surface area (Å²) in [7, 11) is 0. The average molecular weight is 266 g/mol. The van der Waals surface area contributed by atoms with Gasteiger partial charge in [-0.2, -0.15) is 0 Å². The van der Waals surface area contributed by atoms with Crippen molar-refractivity contribution < 1.29 is 4.39 Å². The quantitative estimate of drug-likeness (QED) is 0.660. The zero-order chi connectivity index (χ0) is 13.0. The summed E-state index contributed by atoms with van der Waals surface area (Å²) in [6, 6.07) is 8.35. The van der Waals surface area contributed by atoms with E-state index in [4.69, 9.17) is 17.4 Å². The van der Waals surface area contributed by atoms with Crippen LogP contribution in [0.3, 0.4) is 0 Å². The number of nitrogens with one attached hydrogen (secondary N) is 1. The molecular weight excluding hydrogens is 253 g/mol. The minimum Gasteiger partial charge on any atom is -0.271 e. The standard InChI is InChI=1S/C13H13ClFN3/c14-13-10(2-1-3-11(13)15)8-12(18-16)9-4-6-17-7-5-9/h1-7,12,18H,8,16H2. The summed E-state index contributed by atoms with van der Waals surface area (Å²) in [5, 5.41) is 0.145. The number of nitrogens with two attached hydrogens (primary N) is 1. The molecule has 0 fully saturated rings. The number of halogens is 2. The Balaban J connectivity index is 2.24. The molecule has 1 atom stereocenters. The Kier molecular flexibility index (Phi) is 4.25. The van der Waals surface area contributed by atoms with E-state index in [1.54, 1.807) is 24.5 Å². The van der Waals surface area contributed by atoms with Gasteiger partial charge in [-0.15, -0.1) is 0 Å². The molecule has 0 saturated carbocycles. The van der Waals surface area contributed by atoms with Gasteiger partial charge in [0.05, 0.1) is 11.1 Å². The number of pyridine rings is 1. The lowest BCUT2D eigenvalue weighted by Gasteiger charge is -2.17. The van der Waals surface area contributed by atoms with E-state index in [2.05, 4.69) is 10.4 Å². The first kappa shape index (κ1) is 13.0. The number of hydrogen-bond acceptors (Lipinski definition) is 3. The first-order valence-corrected chi connectivity index (χ1v) is 5.89. The van der Waals surface area contributed by atoms with Gasteiger partial charge in [-0.3, -0.25) is 16.3 Å². The lowest BCUT2D eigenvalue weighted by atomic mass is 10.0. The second-order valence-corrected chi connectivity index (χ2v) is 4.29.